The summed E-state index contributed by atoms with van der Waals surface area (Å²) in [5.74, 6) is -0.156. The summed E-state index contributed by atoms with van der Waals surface area (Å²) in [5, 5.41) is 13.8. The molecule has 1 aromatic rings. The molecule has 1 heterocycles. The van der Waals surface area contributed by atoms with Gasteiger partial charge in [-0.2, -0.15) is 4.37 Å². The fraction of sp³-hybridized carbons (Fsp3) is 0.600. The third-order valence-corrected chi connectivity index (χ3v) is 2.84. The van der Waals surface area contributed by atoms with Crippen LogP contribution in [0.5, 0.6) is 0 Å². The number of aryl methyl sites for hydroxylation is 1. The molecule has 0 spiro atoms. The lowest BCUT2D eigenvalue weighted by Gasteiger charge is -2.10. The molecule has 0 radical (unpaired) electrons. The molecule has 0 aliphatic rings. The van der Waals surface area contributed by atoms with Crippen molar-refractivity contribution in [1.82, 2.24) is 9.69 Å². The standard InChI is InChI=1S/C10H16N2O2S/c1-3-4-8(13)5-11-10(14)9-6-15-12-7(9)2/h6,8,13H,3-5H2,1-2H3,(H,11,14). The summed E-state index contributed by atoms with van der Waals surface area (Å²) in [5.41, 5.74) is 1.34. The van der Waals surface area contributed by atoms with Crippen LogP contribution in [0.3, 0.4) is 0 Å². The molecule has 1 atom stereocenters. The molecule has 84 valence electrons. The van der Waals surface area contributed by atoms with Gasteiger partial charge in [0.2, 0.25) is 0 Å². The summed E-state index contributed by atoms with van der Waals surface area (Å²) >= 11 is 1.27. The van der Waals surface area contributed by atoms with E-state index in [1.807, 2.05) is 6.92 Å². The maximum absolute atomic E-state index is 11.6. The van der Waals surface area contributed by atoms with Crippen molar-refractivity contribution < 1.29 is 9.90 Å². The van der Waals surface area contributed by atoms with Gasteiger partial charge >= 0.3 is 0 Å². The van der Waals surface area contributed by atoms with Crippen LogP contribution in [0.15, 0.2) is 5.38 Å². The Morgan fingerprint density at radius 1 is 1.73 bits per heavy atom. The minimum absolute atomic E-state index is 0.156. The van der Waals surface area contributed by atoms with Crippen LogP contribution in [0.2, 0.25) is 0 Å². The summed E-state index contributed by atoms with van der Waals surface area (Å²) in [6, 6.07) is 0. The molecule has 0 aliphatic carbocycles. The number of amides is 1. The van der Waals surface area contributed by atoms with E-state index in [1.165, 1.54) is 11.5 Å². The Morgan fingerprint density at radius 2 is 2.47 bits per heavy atom. The van der Waals surface area contributed by atoms with Crippen LogP contribution in [0, 0.1) is 6.92 Å². The van der Waals surface area contributed by atoms with Gasteiger partial charge in [-0.3, -0.25) is 4.79 Å². The van der Waals surface area contributed by atoms with E-state index in [0.717, 1.165) is 12.1 Å². The molecule has 0 aliphatic heterocycles. The Bertz CT molecular complexity index is 325. The summed E-state index contributed by atoms with van der Waals surface area (Å²) in [6.07, 6.45) is 1.17. The zero-order chi connectivity index (χ0) is 11.3. The SMILES string of the molecule is CCCC(O)CNC(=O)c1csnc1C. The van der Waals surface area contributed by atoms with Crippen molar-refractivity contribution in [1.29, 1.82) is 0 Å². The molecule has 1 amide bonds. The Morgan fingerprint density at radius 3 is 3.00 bits per heavy atom. The third-order valence-electron chi connectivity index (χ3n) is 2.11. The average Bonchev–Trinajstić information content (AvgIpc) is 2.61. The molecule has 1 aromatic heterocycles. The smallest absolute Gasteiger partial charge is 0.254 e. The van der Waals surface area contributed by atoms with Gasteiger partial charge in [0.1, 0.15) is 0 Å². The van der Waals surface area contributed by atoms with E-state index in [-0.39, 0.29) is 5.91 Å². The van der Waals surface area contributed by atoms with Crippen LogP contribution >= 0.6 is 11.5 Å². The van der Waals surface area contributed by atoms with E-state index in [2.05, 4.69) is 9.69 Å². The van der Waals surface area contributed by atoms with Crippen molar-refractivity contribution in [2.45, 2.75) is 32.8 Å². The second kappa shape index (κ2) is 5.82. The molecule has 0 fully saturated rings. The lowest BCUT2D eigenvalue weighted by atomic mass is 10.2. The summed E-state index contributed by atoms with van der Waals surface area (Å²) in [4.78, 5) is 11.6. The highest BCUT2D eigenvalue weighted by Gasteiger charge is 2.12. The van der Waals surface area contributed by atoms with Crippen molar-refractivity contribution in [3.63, 3.8) is 0 Å². The van der Waals surface area contributed by atoms with Crippen LogP contribution in [0.1, 0.15) is 35.8 Å². The number of nitrogens with one attached hydrogen (secondary N) is 1. The zero-order valence-corrected chi connectivity index (χ0v) is 9.80. The predicted molar refractivity (Wildman–Crippen MR) is 60.1 cm³/mol. The molecule has 0 bridgehead atoms. The van der Waals surface area contributed by atoms with Crippen LogP contribution < -0.4 is 5.32 Å². The molecule has 1 rings (SSSR count). The number of aliphatic hydroxyl groups is 1. The number of aliphatic hydroxyl groups excluding tert-OH is 1. The summed E-state index contributed by atoms with van der Waals surface area (Å²) in [7, 11) is 0. The van der Waals surface area contributed by atoms with E-state index in [4.69, 9.17) is 0 Å². The van der Waals surface area contributed by atoms with Crippen molar-refractivity contribution in [3.05, 3.63) is 16.6 Å². The molecule has 2 N–H and O–H groups in total. The molecule has 15 heavy (non-hydrogen) atoms. The number of hydrogen-bond acceptors (Lipinski definition) is 4. The molecule has 5 heteroatoms. The van der Waals surface area contributed by atoms with Gasteiger partial charge in [0.15, 0.2) is 0 Å². The quantitative estimate of drug-likeness (QED) is 0.799. The maximum atomic E-state index is 11.6. The summed E-state index contributed by atoms with van der Waals surface area (Å²) < 4.78 is 4.02. The number of nitrogens with zero attached hydrogens (tertiary/aromatic N) is 1. The molecule has 0 saturated heterocycles. The monoisotopic (exact) mass is 228 g/mol. The number of rotatable bonds is 5. The predicted octanol–water partition coefficient (Wildman–Crippen LogP) is 1.34. The number of hydrogen-bond donors (Lipinski definition) is 2. The van der Waals surface area contributed by atoms with Gasteiger partial charge in [-0.05, 0) is 24.9 Å². The van der Waals surface area contributed by atoms with Gasteiger partial charge < -0.3 is 10.4 Å². The van der Waals surface area contributed by atoms with Crippen LogP contribution in [0.25, 0.3) is 0 Å². The normalized spacial score (nSPS) is 12.5. The largest absolute Gasteiger partial charge is 0.391 e. The Hall–Kier alpha value is -0.940. The second-order valence-corrected chi connectivity index (χ2v) is 4.10. The van der Waals surface area contributed by atoms with Gasteiger partial charge in [-0.25, -0.2) is 0 Å². The van der Waals surface area contributed by atoms with E-state index in [0.29, 0.717) is 18.5 Å². The van der Waals surface area contributed by atoms with Gasteiger partial charge in [0, 0.05) is 11.9 Å². The zero-order valence-electron chi connectivity index (χ0n) is 8.99. The van der Waals surface area contributed by atoms with Gasteiger partial charge in [0.05, 0.1) is 17.4 Å². The van der Waals surface area contributed by atoms with E-state index in [9.17, 15) is 9.90 Å². The highest BCUT2D eigenvalue weighted by atomic mass is 32.1. The highest BCUT2D eigenvalue weighted by molar-refractivity contribution is 7.03. The lowest BCUT2D eigenvalue weighted by Crippen LogP contribution is -2.32. The lowest BCUT2D eigenvalue weighted by molar-refractivity contribution is 0.0910. The van der Waals surface area contributed by atoms with E-state index >= 15 is 0 Å². The maximum Gasteiger partial charge on any atom is 0.254 e. The number of carbonyl (C=O) groups excluding carboxylic acids is 1. The van der Waals surface area contributed by atoms with Gasteiger partial charge in [-0.15, -0.1) is 0 Å². The third kappa shape index (κ3) is 3.60. The van der Waals surface area contributed by atoms with Crippen LogP contribution in [-0.4, -0.2) is 28.0 Å². The van der Waals surface area contributed by atoms with E-state index < -0.39 is 6.10 Å². The molecular formula is C10H16N2O2S. The fourth-order valence-corrected chi connectivity index (χ4v) is 1.94. The molecular weight excluding hydrogens is 212 g/mol. The first-order valence-electron chi connectivity index (χ1n) is 5.02. The minimum atomic E-state index is -0.453. The molecule has 0 aromatic carbocycles. The van der Waals surface area contributed by atoms with Crippen molar-refractivity contribution in [3.8, 4) is 0 Å². The van der Waals surface area contributed by atoms with Gasteiger partial charge in [-0.1, -0.05) is 13.3 Å². The first-order valence-corrected chi connectivity index (χ1v) is 5.86. The minimum Gasteiger partial charge on any atom is -0.391 e. The fourth-order valence-electron chi connectivity index (χ4n) is 1.25. The molecule has 4 nitrogen and oxygen atoms in total. The molecule has 0 saturated carbocycles. The van der Waals surface area contributed by atoms with Crippen LogP contribution in [0.4, 0.5) is 0 Å². The Balaban J connectivity index is 2.40. The van der Waals surface area contributed by atoms with Gasteiger partial charge in [0.25, 0.3) is 5.91 Å². The number of aromatic nitrogens is 1. The van der Waals surface area contributed by atoms with E-state index in [1.54, 1.807) is 12.3 Å². The highest BCUT2D eigenvalue weighted by Crippen LogP contribution is 2.08. The number of carbonyl (C=O) groups is 1. The Labute approximate surface area is 93.5 Å². The van der Waals surface area contributed by atoms with Crippen molar-refractivity contribution in [2.75, 3.05) is 6.54 Å². The van der Waals surface area contributed by atoms with Crippen molar-refractivity contribution in [2.24, 2.45) is 0 Å². The summed E-state index contributed by atoms with van der Waals surface area (Å²) in [6.45, 7) is 4.10. The van der Waals surface area contributed by atoms with Crippen molar-refractivity contribution >= 4 is 17.4 Å². The topological polar surface area (TPSA) is 62.2 Å². The second-order valence-electron chi connectivity index (χ2n) is 3.47. The molecule has 1 unspecified atom stereocenters. The Kier molecular flexibility index (Phi) is 4.71. The first kappa shape index (κ1) is 12.1. The first-order chi connectivity index (χ1) is 7.15. The van der Waals surface area contributed by atoms with Crippen LogP contribution in [-0.2, 0) is 0 Å². The average molecular weight is 228 g/mol.